The maximum absolute atomic E-state index is 12.3. The molecular weight excluding hydrogens is 340 g/mol. The second-order valence-corrected chi connectivity index (χ2v) is 7.80. The summed E-state index contributed by atoms with van der Waals surface area (Å²) in [5, 5.41) is 2.72. The average Bonchev–Trinajstić information content (AvgIpc) is 2.54. The van der Waals surface area contributed by atoms with Gasteiger partial charge in [-0.2, -0.15) is 4.31 Å². The van der Waals surface area contributed by atoms with E-state index in [0.717, 1.165) is 10.6 Å². The van der Waals surface area contributed by atoms with E-state index in [4.69, 9.17) is 4.74 Å². The molecule has 0 spiro atoms. The predicted molar refractivity (Wildman–Crippen MR) is 98.3 cm³/mol. The molecular formula is C18H22N2O4S. The minimum Gasteiger partial charge on any atom is -0.455 e. The molecule has 0 bridgehead atoms. The van der Waals surface area contributed by atoms with Crippen molar-refractivity contribution in [2.24, 2.45) is 0 Å². The fourth-order valence-electron chi connectivity index (χ4n) is 2.29. The van der Waals surface area contributed by atoms with Crippen molar-refractivity contribution in [3.05, 3.63) is 54.6 Å². The fraction of sp³-hybridized carbons (Fsp3) is 0.278. The van der Waals surface area contributed by atoms with Crippen LogP contribution in [0.3, 0.4) is 0 Å². The van der Waals surface area contributed by atoms with E-state index in [1.165, 1.54) is 0 Å². The lowest BCUT2D eigenvalue weighted by Gasteiger charge is -2.23. The van der Waals surface area contributed by atoms with Crippen LogP contribution in [-0.4, -0.2) is 37.5 Å². The quantitative estimate of drug-likeness (QED) is 0.821. The summed E-state index contributed by atoms with van der Waals surface area (Å²) in [7, 11) is -3.47. The fourth-order valence-corrected chi connectivity index (χ4v) is 3.41. The van der Waals surface area contributed by atoms with E-state index in [1.54, 1.807) is 38.1 Å². The van der Waals surface area contributed by atoms with Gasteiger partial charge in [-0.05, 0) is 38.1 Å². The summed E-state index contributed by atoms with van der Waals surface area (Å²) in [5.74, 6) is 0.699. The molecule has 0 aromatic heterocycles. The number of amides is 1. The van der Waals surface area contributed by atoms with Gasteiger partial charge in [0.1, 0.15) is 5.75 Å². The molecule has 0 saturated carbocycles. The maximum Gasteiger partial charge on any atom is 0.239 e. The molecule has 1 amide bonds. The summed E-state index contributed by atoms with van der Waals surface area (Å²) in [6.45, 7) is 3.19. The molecule has 0 aliphatic rings. The van der Waals surface area contributed by atoms with Gasteiger partial charge in [0.05, 0.1) is 18.5 Å². The molecule has 0 heterocycles. The summed E-state index contributed by atoms with van der Waals surface area (Å²) in [4.78, 5) is 12.3. The number of hydrogen-bond acceptors (Lipinski definition) is 4. The maximum atomic E-state index is 12.3. The number of nitrogens with zero attached hydrogens (tertiary/aromatic N) is 1. The smallest absolute Gasteiger partial charge is 0.239 e. The van der Waals surface area contributed by atoms with Crippen LogP contribution in [-0.2, 0) is 14.8 Å². The van der Waals surface area contributed by atoms with Crippen molar-refractivity contribution < 1.29 is 17.9 Å². The Hall–Kier alpha value is -2.38. The number of ether oxygens (including phenoxy) is 1. The molecule has 0 fully saturated rings. The van der Waals surface area contributed by atoms with Gasteiger partial charge in [-0.25, -0.2) is 8.42 Å². The van der Waals surface area contributed by atoms with Crippen LogP contribution in [0, 0.1) is 0 Å². The molecule has 134 valence electrons. The van der Waals surface area contributed by atoms with Crippen molar-refractivity contribution in [3.63, 3.8) is 0 Å². The molecule has 0 radical (unpaired) electrons. The Balaban J connectivity index is 2.13. The lowest BCUT2D eigenvalue weighted by Crippen LogP contribution is -2.41. The highest BCUT2D eigenvalue weighted by Crippen LogP contribution is 2.29. The van der Waals surface area contributed by atoms with Gasteiger partial charge in [0.2, 0.25) is 15.9 Å². The first-order chi connectivity index (χ1) is 11.8. The van der Waals surface area contributed by atoms with E-state index in [9.17, 15) is 13.2 Å². The van der Waals surface area contributed by atoms with Crippen molar-refractivity contribution in [2.45, 2.75) is 19.9 Å². The number of sulfonamides is 1. The standard InChI is InChI=1S/C18H22N2O4S/c1-14(2)20(25(3,22)23)13-18(21)19-16-11-7-8-12-17(16)24-15-9-5-4-6-10-15/h4-12,14H,13H2,1-3H3,(H,19,21). The molecule has 0 unspecified atom stereocenters. The molecule has 2 aromatic carbocycles. The Morgan fingerprint density at radius 2 is 1.68 bits per heavy atom. The first-order valence-corrected chi connectivity index (χ1v) is 9.71. The summed E-state index contributed by atoms with van der Waals surface area (Å²) in [5.41, 5.74) is 0.480. The molecule has 1 N–H and O–H groups in total. The van der Waals surface area contributed by atoms with Crippen LogP contribution in [0.2, 0.25) is 0 Å². The molecule has 6 nitrogen and oxygen atoms in total. The number of carbonyl (C=O) groups is 1. The van der Waals surface area contributed by atoms with Crippen LogP contribution < -0.4 is 10.1 Å². The summed E-state index contributed by atoms with van der Waals surface area (Å²) in [6.07, 6.45) is 1.09. The van der Waals surface area contributed by atoms with Crippen molar-refractivity contribution in [3.8, 4) is 11.5 Å². The van der Waals surface area contributed by atoms with Crippen molar-refractivity contribution >= 4 is 21.6 Å². The highest BCUT2D eigenvalue weighted by Gasteiger charge is 2.23. The van der Waals surface area contributed by atoms with Crippen LogP contribution >= 0.6 is 0 Å². The number of hydrogen-bond donors (Lipinski definition) is 1. The first kappa shape index (κ1) is 19.0. The largest absolute Gasteiger partial charge is 0.455 e. The zero-order valence-corrected chi connectivity index (χ0v) is 15.3. The predicted octanol–water partition coefficient (Wildman–Crippen LogP) is 3.09. The Morgan fingerprint density at radius 3 is 2.28 bits per heavy atom. The molecule has 25 heavy (non-hydrogen) atoms. The molecule has 7 heteroatoms. The number of para-hydroxylation sites is 3. The third-order valence-corrected chi connectivity index (χ3v) is 4.84. The second-order valence-electron chi connectivity index (χ2n) is 5.86. The lowest BCUT2D eigenvalue weighted by atomic mass is 10.2. The van der Waals surface area contributed by atoms with E-state index < -0.39 is 15.9 Å². The second kappa shape index (κ2) is 8.13. The lowest BCUT2D eigenvalue weighted by molar-refractivity contribution is -0.116. The summed E-state index contributed by atoms with van der Waals surface area (Å²) in [6, 6.07) is 15.9. The van der Waals surface area contributed by atoms with Crippen molar-refractivity contribution in [1.29, 1.82) is 0 Å². The Kier molecular flexibility index (Phi) is 6.17. The Labute approximate surface area is 148 Å². The van der Waals surface area contributed by atoms with Gasteiger partial charge in [0, 0.05) is 6.04 Å². The van der Waals surface area contributed by atoms with Gasteiger partial charge in [0.25, 0.3) is 0 Å². The van der Waals surface area contributed by atoms with Crippen molar-refractivity contribution in [1.82, 2.24) is 4.31 Å². The van der Waals surface area contributed by atoms with Gasteiger partial charge >= 0.3 is 0 Å². The third-order valence-electron chi connectivity index (χ3n) is 3.43. The van der Waals surface area contributed by atoms with Crippen LogP contribution in [0.5, 0.6) is 11.5 Å². The monoisotopic (exact) mass is 362 g/mol. The molecule has 0 aliphatic heterocycles. The Bertz CT molecular complexity index is 820. The van der Waals surface area contributed by atoms with Crippen molar-refractivity contribution in [2.75, 3.05) is 18.1 Å². The number of benzene rings is 2. The minimum atomic E-state index is -3.47. The zero-order chi connectivity index (χ0) is 18.4. The first-order valence-electron chi connectivity index (χ1n) is 7.86. The zero-order valence-electron chi connectivity index (χ0n) is 14.5. The van der Waals surface area contributed by atoms with Crippen LogP contribution in [0.1, 0.15) is 13.8 Å². The summed E-state index contributed by atoms with van der Waals surface area (Å²) < 4.78 is 30.5. The molecule has 0 aliphatic carbocycles. The van der Waals surface area contributed by atoms with Gasteiger partial charge in [-0.3, -0.25) is 4.79 Å². The highest BCUT2D eigenvalue weighted by molar-refractivity contribution is 7.88. The molecule has 0 atom stereocenters. The van der Waals surface area contributed by atoms with E-state index in [2.05, 4.69) is 5.32 Å². The minimum absolute atomic E-state index is 0.254. The number of nitrogens with one attached hydrogen (secondary N) is 1. The van der Waals surface area contributed by atoms with E-state index >= 15 is 0 Å². The summed E-state index contributed by atoms with van der Waals surface area (Å²) >= 11 is 0. The molecule has 2 rings (SSSR count). The average molecular weight is 362 g/mol. The Morgan fingerprint density at radius 1 is 1.08 bits per heavy atom. The topological polar surface area (TPSA) is 75.7 Å². The number of anilines is 1. The normalized spacial score (nSPS) is 11.6. The van der Waals surface area contributed by atoms with Crippen LogP contribution in [0.15, 0.2) is 54.6 Å². The van der Waals surface area contributed by atoms with Gasteiger partial charge in [0.15, 0.2) is 5.75 Å². The van der Waals surface area contributed by atoms with Gasteiger partial charge < -0.3 is 10.1 Å². The van der Waals surface area contributed by atoms with Gasteiger partial charge in [-0.15, -0.1) is 0 Å². The van der Waals surface area contributed by atoms with E-state index in [0.29, 0.717) is 17.2 Å². The van der Waals surface area contributed by atoms with Crippen LogP contribution in [0.25, 0.3) is 0 Å². The molecule has 2 aromatic rings. The SMILES string of the molecule is CC(C)N(CC(=O)Nc1ccccc1Oc1ccccc1)S(C)(=O)=O. The van der Waals surface area contributed by atoms with E-state index in [1.807, 2.05) is 30.3 Å². The van der Waals surface area contributed by atoms with Crippen LogP contribution in [0.4, 0.5) is 5.69 Å². The number of carbonyl (C=O) groups excluding carboxylic acids is 1. The van der Waals surface area contributed by atoms with E-state index in [-0.39, 0.29) is 12.6 Å². The van der Waals surface area contributed by atoms with Gasteiger partial charge in [-0.1, -0.05) is 30.3 Å². The molecule has 0 saturated heterocycles. The highest BCUT2D eigenvalue weighted by atomic mass is 32.2. The third kappa shape index (κ3) is 5.58. The number of rotatable bonds is 7.